The van der Waals surface area contributed by atoms with Gasteiger partial charge >= 0.3 is 0 Å². The number of thioether (sulfide) groups is 2. The lowest BCUT2D eigenvalue weighted by molar-refractivity contribution is 1.40. The predicted octanol–water partition coefficient (Wildman–Crippen LogP) is 2.55. The highest BCUT2D eigenvalue weighted by Gasteiger charge is 1.94. The smallest absolute Gasteiger partial charge is 0.151 e. The van der Waals surface area contributed by atoms with Crippen LogP contribution in [0.5, 0.6) is 0 Å². The minimum absolute atomic E-state index is 0.213. The number of nitrogens with one attached hydrogen (secondary N) is 1. The van der Waals surface area contributed by atoms with Crippen molar-refractivity contribution in [2.75, 3.05) is 11.5 Å². The molecule has 0 aliphatic rings. The number of hydrogen-bond donors (Lipinski definition) is 2. The van der Waals surface area contributed by atoms with Crippen molar-refractivity contribution in [3.63, 3.8) is 0 Å². The van der Waals surface area contributed by atoms with Crippen molar-refractivity contribution in [1.82, 2.24) is 0 Å². The Hall–Kier alpha value is -0.610. The molecule has 0 saturated carbocycles. The summed E-state index contributed by atoms with van der Waals surface area (Å²) in [6.07, 6.45) is 0. The SMILES string of the molecule is N=C(N)SCCSCc1ccccc1. The Labute approximate surface area is 93.2 Å². The van der Waals surface area contributed by atoms with Crippen molar-refractivity contribution in [2.24, 2.45) is 5.73 Å². The topological polar surface area (TPSA) is 49.9 Å². The van der Waals surface area contributed by atoms with Crippen molar-refractivity contribution in [3.05, 3.63) is 35.9 Å². The van der Waals surface area contributed by atoms with Crippen LogP contribution in [0.25, 0.3) is 0 Å². The van der Waals surface area contributed by atoms with Gasteiger partial charge in [0.2, 0.25) is 0 Å². The Bertz CT molecular complexity index is 275. The van der Waals surface area contributed by atoms with Gasteiger partial charge < -0.3 is 5.73 Å². The fraction of sp³-hybridized carbons (Fsp3) is 0.300. The average Bonchev–Trinajstić information content (AvgIpc) is 2.18. The van der Waals surface area contributed by atoms with Gasteiger partial charge in [-0.05, 0) is 5.56 Å². The summed E-state index contributed by atoms with van der Waals surface area (Å²) in [5, 5.41) is 7.24. The van der Waals surface area contributed by atoms with E-state index < -0.39 is 0 Å². The van der Waals surface area contributed by atoms with Crippen LogP contribution < -0.4 is 5.73 Å². The van der Waals surface area contributed by atoms with Gasteiger partial charge in [-0.1, -0.05) is 42.1 Å². The third-order valence-corrected chi connectivity index (χ3v) is 3.60. The molecule has 76 valence electrons. The van der Waals surface area contributed by atoms with E-state index in [4.69, 9.17) is 11.1 Å². The van der Waals surface area contributed by atoms with Gasteiger partial charge in [0.15, 0.2) is 5.17 Å². The van der Waals surface area contributed by atoms with Gasteiger partial charge in [-0.2, -0.15) is 11.8 Å². The Morgan fingerprint density at radius 2 is 1.93 bits per heavy atom. The van der Waals surface area contributed by atoms with Crippen molar-refractivity contribution >= 4 is 28.7 Å². The molecule has 0 heterocycles. The molecule has 0 aliphatic carbocycles. The average molecular weight is 226 g/mol. The minimum Gasteiger partial charge on any atom is -0.379 e. The summed E-state index contributed by atoms with van der Waals surface area (Å²) in [5.74, 6) is 3.01. The van der Waals surface area contributed by atoms with Crippen LogP contribution in [0.15, 0.2) is 30.3 Å². The van der Waals surface area contributed by atoms with Crippen LogP contribution in [0.4, 0.5) is 0 Å². The van der Waals surface area contributed by atoms with E-state index in [9.17, 15) is 0 Å². The Kier molecular flexibility index (Phi) is 5.56. The largest absolute Gasteiger partial charge is 0.379 e. The van der Waals surface area contributed by atoms with E-state index in [-0.39, 0.29) is 5.17 Å². The molecular formula is C10H14N2S2. The molecule has 4 heteroatoms. The lowest BCUT2D eigenvalue weighted by Crippen LogP contribution is -2.05. The summed E-state index contributed by atoms with van der Waals surface area (Å²) in [5.41, 5.74) is 6.57. The van der Waals surface area contributed by atoms with Gasteiger partial charge in [-0.15, -0.1) is 0 Å². The molecule has 1 aromatic carbocycles. The maximum atomic E-state index is 7.03. The minimum atomic E-state index is 0.213. The molecule has 1 aromatic rings. The predicted molar refractivity (Wildman–Crippen MR) is 67.0 cm³/mol. The van der Waals surface area contributed by atoms with Crippen molar-refractivity contribution in [3.8, 4) is 0 Å². The molecule has 0 spiro atoms. The molecule has 2 nitrogen and oxygen atoms in total. The summed E-state index contributed by atoms with van der Waals surface area (Å²) >= 11 is 3.28. The molecule has 1 rings (SSSR count). The molecule has 0 amide bonds. The lowest BCUT2D eigenvalue weighted by Gasteiger charge is -2.00. The first-order chi connectivity index (χ1) is 6.79. The van der Waals surface area contributed by atoms with Gasteiger partial charge in [0, 0.05) is 17.3 Å². The second-order valence-electron chi connectivity index (χ2n) is 2.75. The second kappa shape index (κ2) is 6.79. The summed E-state index contributed by atoms with van der Waals surface area (Å²) in [6, 6.07) is 10.4. The van der Waals surface area contributed by atoms with Gasteiger partial charge in [0.1, 0.15) is 0 Å². The molecule has 0 radical (unpaired) electrons. The first-order valence-electron chi connectivity index (χ1n) is 4.37. The highest BCUT2D eigenvalue weighted by atomic mass is 32.2. The number of amidine groups is 1. The van der Waals surface area contributed by atoms with E-state index in [0.29, 0.717) is 0 Å². The van der Waals surface area contributed by atoms with Gasteiger partial charge in [-0.3, -0.25) is 5.41 Å². The zero-order chi connectivity index (χ0) is 10.2. The van der Waals surface area contributed by atoms with E-state index in [1.807, 2.05) is 17.8 Å². The standard InChI is InChI=1S/C10H14N2S2/c11-10(12)14-7-6-13-8-9-4-2-1-3-5-9/h1-5H,6-8H2,(H3,11,12). The molecule has 0 bridgehead atoms. The van der Waals surface area contributed by atoms with Crippen LogP contribution in [-0.2, 0) is 5.75 Å². The fourth-order valence-electron chi connectivity index (χ4n) is 0.975. The third-order valence-electron chi connectivity index (χ3n) is 1.60. The van der Waals surface area contributed by atoms with Crippen molar-refractivity contribution in [2.45, 2.75) is 5.75 Å². The molecule has 0 atom stereocenters. The summed E-state index contributed by atoms with van der Waals surface area (Å²) < 4.78 is 0. The Morgan fingerprint density at radius 3 is 2.57 bits per heavy atom. The van der Waals surface area contributed by atoms with E-state index in [1.165, 1.54) is 17.3 Å². The van der Waals surface area contributed by atoms with Crippen molar-refractivity contribution < 1.29 is 0 Å². The third kappa shape index (κ3) is 5.19. The van der Waals surface area contributed by atoms with Crippen LogP contribution in [0.3, 0.4) is 0 Å². The maximum Gasteiger partial charge on any atom is 0.151 e. The fourth-order valence-corrected chi connectivity index (χ4v) is 2.57. The number of rotatable bonds is 5. The normalized spacial score (nSPS) is 10.0. The summed E-state index contributed by atoms with van der Waals surface area (Å²) in [7, 11) is 0. The zero-order valence-corrected chi connectivity index (χ0v) is 9.53. The molecule has 0 aliphatic heterocycles. The van der Waals surface area contributed by atoms with Crippen LogP contribution >= 0.6 is 23.5 Å². The zero-order valence-electron chi connectivity index (χ0n) is 7.90. The number of nitrogens with two attached hydrogens (primary N) is 1. The Balaban J connectivity index is 2.08. The highest BCUT2D eigenvalue weighted by Crippen LogP contribution is 2.13. The van der Waals surface area contributed by atoms with Crippen LogP contribution in [0, 0.1) is 5.41 Å². The van der Waals surface area contributed by atoms with E-state index >= 15 is 0 Å². The summed E-state index contributed by atoms with van der Waals surface area (Å²) in [6.45, 7) is 0. The van der Waals surface area contributed by atoms with Crippen molar-refractivity contribution in [1.29, 1.82) is 5.41 Å². The summed E-state index contributed by atoms with van der Waals surface area (Å²) in [4.78, 5) is 0. The molecular weight excluding hydrogens is 212 g/mol. The molecule has 0 aromatic heterocycles. The molecule has 3 N–H and O–H groups in total. The van der Waals surface area contributed by atoms with E-state index in [2.05, 4.69) is 24.3 Å². The number of benzene rings is 1. The molecule has 0 unspecified atom stereocenters. The monoisotopic (exact) mass is 226 g/mol. The number of hydrogen-bond acceptors (Lipinski definition) is 3. The van der Waals surface area contributed by atoms with Crippen LogP contribution in [-0.4, -0.2) is 16.7 Å². The first kappa shape index (κ1) is 11.5. The van der Waals surface area contributed by atoms with Gasteiger partial charge in [0.05, 0.1) is 0 Å². The molecule has 0 fully saturated rings. The van der Waals surface area contributed by atoms with Gasteiger partial charge in [-0.25, -0.2) is 0 Å². The first-order valence-corrected chi connectivity index (χ1v) is 6.51. The van der Waals surface area contributed by atoms with Gasteiger partial charge in [0.25, 0.3) is 0 Å². The maximum absolute atomic E-state index is 7.03. The second-order valence-corrected chi connectivity index (χ2v) is 4.99. The van der Waals surface area contributed by atoms with Crippen LogP contribution in [0.1, 0.15) is 5.56 Å². The molecule has 14 heavy (non-hydrogen) atoms. The van der Waals surface area contributed by atoms with E-state index in [1.54, 1.807) is 0 Å². The van der Waals surface area contributed by atoms with E-state index in [0.717, 1.165) is 17.3 Å². The Morgan fingerprint density at radius 1 is 1.21 bits per heavy atom. The quantitative estimate of drug-likeness (QED) is 0.461. The van der Waals surface area contributed by atoms with Crippen LogP contribution in [0.2, 0.25) is 0 Å². The molecule has 0 saturated heterocycles. The lowest BCUT2D eigenvalue weighted by atomic mass is 10.2. The highest BCUT2D eigenvalue weighted by molar-refractivity contribution is 8.14.